The maximum atomic E-state index is 15.0. The lowest BCUT2D eigenvalue weighted by atomic mass is 10.00. The van der Waals surface area contributed by atoms with Gasteiger partial charge in [-0.2, -0.15) is 13.1 Å². The lowest BCUT2D eigenvalue weighted by Gasteiger charge is -2.16. The van der Waals surface area contributed by atoms with Crippen LogP contribution in [0.25, 0.3) is 0 Å². The average Bonchev–Trinajstić information content (AvgIpc) is 2.80. The Morgan fingerprint density at radius 1 is 1.11 bits per heavy atom. The molecule has 192 valence electrons. The molecule has 0 saturated carbocycles. The third-order valence-electron chi connectivity index (χ3n) is 4.99. The normalized spacial score (nSPS) is 11.4. The Bertz CT molecular complexity index is 1390. The van der Waals surface area contributed by atoms with E-state index < -0.39 is 39.3 Å². The smallest absolute Gasteiger partial charge is 0.300 e. The fourth-order valence-electron chi connectivity index (χ4n) is 3.29. The lowest BCUT2D eigenvalue weighted by Crippen LogP contribution is -2.32. The van der Waals surface area contributed by atoms with Crippen LogP contribution in [0.15, 0.2) is 42.6 Å². The molecule has 0 atom stereocenters. The number of benzene rings is 2. The minimum Gasteiger partial charge on any atom is -0.383 e. The number of hydrogen-bond donors (Lipinski definition) is 4. The van der Waals surface area contributed by atoms with Crippen LogP contribution in [0.2, 0.25) is 0 Å². The van der Waals surface area contributed by atoms with Gasteiger partial charge in [0.15, 0.2) is 11.6 Å². The van der Waals surface area contributed by atoms with Crippen molar-refractivity contribution in [1.82, 2.24) is 9.71 Å². The Labute approximate surface area is 206 Å². The highest BCUT2D eigenvalue weighted by atomic mass is 32.2. The number of anilines is 3. The van der Waals surface area contributed by atoms with Gasteiger partial charge in [-0.25, -0.2) is 18.2 Å². The van der Waals surface area contributed by atoms with Crippen LogP contribution in [0.5, 0.6) is 0 Å². The molecule has 5 N–H and O–H groups in total. The second kappa shape index (κ2) is 11.4. The molecule has 36 heavy (non-hydrogen) atoms. The molecule has 3 aromatic rings. The standard InChI is InChI=1S/C23H24F3N5O4S/c1-13-3-4-18(17(24)9-13)30-22-16(23(27)32)12-15(20(25)21(22)26)10-14-5-6-28-19(11-14)31-36(33,34)29-7-8-35-2/h3-6,9,11-12,29-30H,7-8,10H2,1-2H3,(H2,27,32)(H,28,31). The van der Waals surface area contributed by atoms with Crippen LogP contribution in [-0.4, -0.2) is 39.6 Å². The molecule has 1 aromatic heterocycles. The van der Waals surface area contributed by atoms with E-state index in [1.165, 1.54) is 37.6 Å². The van der Waals surface area contributed by atoms with Gasteiger partial charge in [-0.15, -0.1) is 0 Å². The van der Waals surface area contributed by atoms with E-state index in [0.29, 0.717) is 11.1 Å². The Hall–Kier alpha value is -3.68. The number of nitrogens with zero attached hydrogens (tertiary/aromatic N) is 1. The van der Waals surface area contributed by atoms with Crippen LogP contribution in [-0.2, 0) is 21.4 Å². The molecule has 0 saturated heterocycles. The maximum Gasteiger partial charge on any atom is 0.300 e. The summed E-state index contributed by atoms with van der Waals surface area (Å²) >= 11 is 0. The summed E-state index contributed by atoms with van der Waals surface area (Å²) in [5.74, 6) is -4.55. The molecule has 0 aliphatic carbocycles. The number of aromatic nitrogens is 1. The second-order valence-corrected chi connectivity index (χ2v) is 9.28. The van der Waals surface area contributed by atoms with Gasteiger partial charge in [-0.3, -0.25) is 9.52 Å². The second-order valence-electron chi connectivity index (χ2n) is 7.78. The topological polar surface area (TPSA) is 135 Å². The molecule has 1 heterocycles. The highest BCUT2D eigenvalue weighted by Crippen LogP contribution is 2.31. The number of carbonyl (C=O) groups is 1. The van der Waals surface area contributed by atoms with E-state index in [1.54, 1.807) is 13.0 Å². The summed E-state index contributed by atoms with van der Waals surface area (Å²) in [6.45, 7) is 1.84. The first kappa shape index (κ1) is 26.9. The Kier molecular flexibility index (Phi) is 8.50. The number of rotatable bonds is 11. The Balaban J connectivity index is 1.90. The molecular weight excluding hydrogens is 499 g/mol. The van der Waals surface area contributed by atoms with Crippen LogP contribution in [0.3, 0.4) is 0 Å². The molecule has 0 bridgehead atoms. The molecule has 0 spiro atoms. The molecule has 0 radical (unpaired) electrons. The summed E-state index contributed by atoms with van der Waals surface area (Å²) in [5.41, 5.74) is 4.98. The van der Waals surface area contributed by atoms with Crippen LogP contribution in [0.1, 0.15) is 27.0 Å². The summed E-state index contributed by atoms with van der Waals surface area (Å²) in [4.78, 5) is 15.9. The van der Waals surface area contributed by atoms with E-state index in [2.05, 4.69) is 19.7 Å². The molecule has 0 fully saturated rings. The zero-order valence-electron chi connectivity index (χ0n) is 19.4. The van der Waals surface area contributed by atoms with Crippen LogP contribution in [0, 0.1) is 24.4 Å². The van der Waals surface area contributed by atoms with Gasteiger partial charge in [0.05, 0.1) is 23.5 Å². The average molecular weight is 524 g/mol. The third kappa shape index (κ3) is 6.71. The van der Waals surface area contributed by atoms with E-state index in [9.17, 15) is 22.0 Å². The van der Waals surface area contributed by atoms with Crippen LogP contribution < -0.4 is 20.5 Å². The van der Waals surface area contributed by atoms with Crippen molar-refractivity contribution in [3.63, 3.8) is 0 Å². The van der Waals surface area contributed by atoms with E-state index in [0.717, 1.165) is 6.07 Å². The number of hydrogen-bond acceptors (Lipinski definition) is 6. The van der Waals surface area contributed by atoms with Gasteiger partial charge in [-0.1, -0.05) is 6.07 Å². The summed E-state index contributed by atoms with van der Waals surface area (Å²) in [6, 6.07) is 7.92. The highest BCUT2D eigenvalue weighted by Gasteiger charge is 2.23. The number of aryl methyl sites for hydroxylation is 1. The highest BCUT2D eigenvalue weighted by molar-refractivity contribution is 7.90. The molecule has 0 aliphatic rings. The summed E-state index contributed by atoms with van der Waals surface area (Å²) < 4.78 is 77.7. The van der Waals surface area contributed by atoms with Gasteiger partial charge in [0.1, 0.15) is 11.6 Å². The Morgan fingerprint density at radius 2 is 1.86 bits per heavy atom. The lowest BCUT2D eigenvalue weighted by molar-refractivity contribution is 0.100. The van der Waals surface area contributed by atoms with Crippen molar-refractivity contribution >= 4 is 33.3 Å². The first-order chi connectivity index (χ1) is 17.0. The van der Waals surface area contributed by atoms with E-state index in [4.69, 9.17) is 10.5 Å². The van der Waals surface area contributed by atoms with Crippen LogP contribution >= 0.6 is 0 Å². The molecule has 0 unspecified atom stereocenters. The molecule has 1 amide bonds. The van der Waals surface area contributed by atoms with E-state index in [1.807, 2.05) is 0 Å². The number of amides is 1. The first-order valence-corrected chi connectivity index (χ1v) is 12.0. The molecule has 13 heteroatoms. The van der Waals surface area contributed by atoms with Crippen molar-refractivity contribution in [1.29, 1.82) is 0 Å². The number of nitrogens with two attached hydrogens (primary N) is 1. The number of carbonyl (C=O) groups excluding carboxylic acids is 1. The molecule has 2 aromatic carbocycles. The van der Waals surface area contributed by atoms with Crippen molar-refractivity contribution < 1.29 is 31.1 Å². The Morgan fingerprint density at radius 3 is 2.53 bits per heavy atom. The van der Waals surface area contributed by atoms with Gasteiger partial charge in [0.2, 0.25) is 0 Å². The fraction of sp³-hybridized carbons (Fsp3) is 0.217. The predicted molar refractivity (Wildman–Crippen MR) is 129 cm³/mol. The van der Waals surface area contributed by atoms with Gasteiger partial charge in [0.25, 0.3) is 16.1 Å². The number of nitrogens with one attached hydrogen (secondary N) is 3. The van der Waals surface area contributed by atoms with E-state index >= 15 is 4.39 Å². The quantitative estimate of drug-likeness (QED) is 0.285. The SMILES string of the molecule is COCCNS(=O)(=O)Nc1cc(Cc2cc(C(N)=O)c(Nc3ccc(C)cc3F)c(F)c2F)ccn1. The van der Waals surface area contributed by atoms with Gasteiger partial charge in [0, 0.05) is 26.3 Å². The molecule has 9 nitrogen and oxygen atoms in total. The minimum atomic E-state index is -3.95. The van der Waals surface area contributed by atoms with E-state index in [-0.39, 0.29) is 42.2 Å². The number of primary amides is 1. The predicted octanol–water partition coefficient (Wildman–Crippen LogP) is 3.13. The van der Waals surface area contributed by atoms with Gasteiger partial charge in [-0.05, 0) is 53.9 Å². The van der Waals surface area contributed by atoms with Crippen molar-refractivity contribution in [2.75, 3.05) is 30.3 Å². The number of ether oxygens (including phenoxy) is 1. The summed E-state index contributed by atoms with van der Waals surface area (Å²) in [6.07, 6.45) is 1.05. The fourth-order valence-corrected chi connectivity index (χ4v) is 4.10. The monoisotopic (exact) mass is 523 g/mol. The number of halogens is 3. The zero-order chi connectivity index (χ0) is 26.5. The molecule has 0 aliphatic heterocycles. The van der Waals surface area contributed by atoms with Crippen molar-refractivity contribution in [3.8, 4) is 0 Å². The minimum absolute atomic E-state index is 0.0266. The maximum absolute atomic E-state index is 15.0. The largest absolute Gasteiger partial charge is 0.383 e. The van der Waals surface area contributed by atoms with Crippen molar-refractivity contribution in [2.45, 2.75) is 13.3 Å². The van der Waals surface area contributed by atoms with Crippen LogP contribution in [0.4, 0.5) is 30.4 Å². The van der Waals surface area contributed by atoms with Gasteiger partial charge < -0.3 is 15.8 Å². The molecule has 3 rings (SSSR count). The molecular formula is C23H24F3N5O4S. The zero-order valence-corrected chi connectivity index (χ0v) is 20.2. The summed E-state index contributed by atoms with van der Waals surface area (Å²) in [7, 11) is -2.53. The van der Waals surface area contributed by atoms with Gasteiger partial charge >= 0.3 is 0 Å². The summed E-state index contributed by atoms with van der Waals surface area (Å²) in [5, 5.41) is 2.41. The van der Waals surface area contributed by atoms with Crippen molar-refractivity contribution in [3.05, 3.63) is 82.3 Å². The van der Waals surface area contributed by atoms with Crippen molar-refractivity contribution in [2.24, 2.45) is 5.73 Å². The number of pyridine rings is 1. The first-order valence-electron chi connectivity index (χ1n) is 10.6. The third-order valence-corrected chi connectivity index (χ3v) is 6.05. The number of methoxy groups -OCH3 is 1.